The molecule has 0 amide bonds. The summed E-state index contributed by atoms with van der Waals surface area (Å²) in [6.07, 6.45) is 7.37. The highest BCUT2D eigenvalue weighted by Gasteiger charge is 2.08. The smallest absolute Gasteiger partial charge is 0.137 e. The Hall–Kier alpha value is -0.730. The van der Waals surface area contributed by atoms with Crippen LogP contribution < -0.4 is 10.1 Å². The third kappa shape index (κ3) is 7.19. The van der Waals surface area contributed by atoms with E-state index in [-0.39, 0.29) is 0 Å². The van der Waals surface area contributed by atoms with Crippen molar-refractivity contribution in [3.05, 3.63) is 28.8 Å². The summed E-state index contributed by atoms with van der Waals surface area (Å²) in [5.74, 6) is 0.804. The van der Waals surface area contributed by atoms with E-state index >= 15 is 0 Å². The van der Waals surface area contributed by atoms with Gasteiger partial charge in [0.05, 0.1) is 11.6 Å². The zero-order valence-electron chi connectivity index (χ0n) is 13.8. The van der Waals surface area contributed by atoms with Gasteiger partial charge in [-0.2, -0.15) is 0 Å². The van der Waals surface area contributed by atoms with Crippen molar-refractivity contribution in [3.63, 3.8) is 0 Å². The van der Waals surface area contributed by atoms with Crippen LogP contribution in [0.1, 0.15) is 70.9 Å². The fourth-order valence-corrected chi connectivity index (χ4v) is 2.51. The van der Waals surface area contributed by atoms with Gasteiger partial charge in [-0.25, -0.2) is 0 Å². The summed E-state index contributed by atoms with van der Waals surface area (Å²) in [6.45, 7) is 8.34. The number of benzene rings is 1. The number of nitrogens with one attached hydrogen (secondary N) is 1. The first-order valence-electron chi connectivity index (χ1n) is 8.34. The van der Waals surface area contributed by atoms with E-state index in [0.29, 0.717) is 11.1 Å². The van der Waals surface area contributed by atoms with Crippen molar-refractivity contribution in [1.29, 1.82) is 0 Å². The number of ether oxygens (including phenoxy) is 1. The van der Waals surface area contributed by atoms with Crippen LogP contribution in [0.15, 0.2) is 18.2 Å². The Bertz CT molecular complexity index is 395. The molecule has 1 aromatic rings. The van der Waals surface area contributed by atoms with Crippen molar-refractivity contribution in [3.8, 4) is 5.75 Å². The predicted molar refractivity (Wildman–Crippen MR) is 92.4 cm³/mol. The van der Waals surface area contributed by atoms with Gasteiger partial charge in [-0.3, -0.25) is 0 Å². The molecule has 1 aromatic carbocycles. The van der Waals surface area contributed by atoms with Crippen LogP contribution in [-0.4, -0.2) is 13.2 Å². The first kappa shape index (κ1) is 18.3. The van der Waals surface area contributed by atoms with Gasteiger partial charge >= 0.3 is 0 Å². The molecule has 0 spiro atoms. The van der Waals surface area contributed by atoms with Crippen molar-refractivity contribution in [2.75, 3.05) is 13.2 Å². The van der Waals surface area contributed by atoms with Gasteiger partial charge in [-0.05, 0) is 44.0 Å². The highest BCUT2D eigenvalue weighted by molar-refractivity contribution is 6.32. The Morgan fingerprint density at radius 2 is 1.86 bits per heavy atom. The lowest BCUT2D eigenvalue weighted by molar-refractivity contribution is 0.304. The first-order chi connectivity index (χ1) is 10.2. The molecule has 0 aromatic heterocycles. The minimum atomic E-state index is 0.325. The Balaban J connectivity index is 2.39. The van der Waals surface area contributed by atoms with Crippen LogP contribution in [0.25, 0.3) is 0 Å². The summed E-state index contributed by atoms with van der Waals surface area (Å²) < 4.78 is 5.78. The van der Waals surface area contributed by atoms with E-state index < -0.39 is 0 Å². The fraction of sp³-hybridized carbons (Fsp3) is 0.667. The first-order valence-corrected chi connectivity index (χ1v) is 8.72. The summed E-state index contributed by atoms with van der Waals surface area (Å²) in [5, 5.41) is 4.18. The number of hydrogen-bond donors (Lipinski definition) is 1. The second-order valence-corrected chi connectivity index (χ2v) is 6.04. The fourth-order valence-electron chi connectivity index (χ4n) is 2.27. The van der Waals surface area contributed by atoms with Crippen molar-refractivity contribution < 1.29 is 4.74 Å². The topological polar surface area (TPSA) is 21.3 Å². The van der Waals surface area contributed by atoms with Crippen molar-refractivity contribution >= 4 is 11.6 Å². The van der Waals surface area contributed by atoms with E-state index in [1.54, 1.807) is 0 Å². The van der Waals surface area contributed by atoms with Crippen LogP contribution in [-0.2, 0) is 0 Å². The predicted octanol–water partition coefficient (Wildman–Crippen LogP) is 5.75. The number of unbranched alkanes of at least 4 members (excludes halogenated alkanes) is 4. The molecular formula is C18H30ClNO. The van der Waals surface area contributed by atoms with Gasteiger partial charge in [0.1, 0.15) is 5.75 Å². The molecule has 0 aliphatic rings. The standard InChI is InChI=1S/C18H30ClNO/c1-4-6-7-8-9-13-21-18-11-10-16(14-17(18)19)15(3)20-12-5-2/h10-11,14-15,20H,4-9,12-13H2,1-3H3. The zero-order chi connectivity index (χ0) is 15.5. The van der Waals surface area contributed by atoms with Crippen LogP contribution >= 0.6 is 11.6 Å². The highest BCUT2D eigenvalue weighted by Crippen LogP contribution is 2.28. The molecule has 21 heavy (non-hydrogen) atoms. The Labute approximate surface area is 135 Å². The molecule has 3 heteroatoms. The second kappa shape index (κ2) is 10.9. The summed E-state index contributed by atoms with van der Waals surface area (Å²) in [6, 6.07) is 6.44. The number of rotatable bonds is 11. The quantitative estimate of drug-likeness (QED) is 0.525. The van der Waals surface area contributed by atoms with Crippen LogP contribution in [0.2, 0.25) is 5.02 Å². The maximum absolute atomic E-state index is 6.32. The third-order valence-electron chi connectivity index (χ3n) is 3.66. The molecule has 0 fully saturated rings. The van der Waals surface area contributed by atoms with E-state index in [4.69, 9.17) is 16.3 Å². The Morgan fingerprint density at radius 1 is 1.10 bits per heavy atom. The molecule has 0 saturated heterocycles. The molecule has 0 aliphatic heterocycles. The van der Waals surface area contributed by atoms with E-state index in [2.05, 4.69) is 32.2 Å². The lowest BCUT2D eigenvalue weighted by Gasteiger charge is -2.15. The molecule has 2 nitrogen and oxygen atoms in total. The van der Waals surface area contributed by atoms with Gasteiger partial charge in [0.2, 0.25) is 0 Å². The molecular weight excluding hydrogens is 282 g/mol. The average Bonchev–Trinajstić information content (AvgIpc) is 2.49. The van der Waals surface area contributed by atoms with Crippen LogP contribution in [0.5, 0.6) is 5.75 Å². The molecule has 0 radical (unpaired) electrons. The normalized spacial score (nSPS) is 12.4. The zero-order valence-corrected chi connectivity index (χ0v) is 14.5. The minimum absolute atomic E-state index is 0.325. The van der Waals surface area contributed by atoms with Gasteiger partial charge in [0, 0.05) is 6.04 Å². The summed E-state index contributed by atoms with van der Waals surface area (Å²) >= 11 is 6.32. The number of hydrogen-bond acceptors (Lipinski definition) is 2. The lowest BCUT2D eigenvalue weighted by atomic mass is 10.1. The molecule has 0 saturated carbocycles. The highest BCUT2D eigenvalue weighted by atomic mass is 35.5. The Morgan fingerprint density at radius 3 is 2.52 bits per heavy atom. The maximum Gasteiger partial charge on any atom is 0.137 e. The van der Waals surface area contributed by atoms with Crippen molar-refractivity contribution in [2.45, 2.75) is 65.3 Å². The largest absolute Gasteiger partial charge is 0.492 e. The third-order valence-corrected chi connectivity index (χ3v) is 3.96. The summed E-state index contributed by atoms with van der Waals surface area (Å²) in [7, 11) is 0. The van der Waals surface area contributed by atoms with Gasteiger partial charge in [0.25, 0.3) is 0 Å². The number of halogens is 1. The lowest BCUT2D eigenvalue weighted by Crippen LogP contribution is -2.19. The molecule has 0 heterocycles. The molecule has 0 bridgehead atoms. The summed E-state index contributed by atoms with van der Waals surface area (Å²) in [5.41, 5.74) is 1.21. The van der Waals surface area contributed by atoms with E-state index in [1.165, 1.54) is 31.2 Å². The van der Waals surface area contributed by atoms with E-state index in [0.717, 1.165) is 31.7 Å². The maximum atomic E-state index is 6.32. The van der Waals surface area contributed by atoms with Gasteiger partial charge in [-0.15, -0.1) is 0 Å². The van der Waals surface area contributed by atoms with Gasteiger partial charge < -0.3 is 10.1 Å². The van der Waals surface area contributed by atoms with E-state index in [1.807, 2.05) is 12.1 Å². The van der Waals surface area contributed by atoms with E-state index in [9.17, 15) is 0 Å². The Kier molecular flexibility index (Phi) is 9.53. The van der Waals surface area contributed by atoms with Gasteiger partial charge in [0.15, 0.2) is 0 Å². The van der Waals surface area contributed by atoms with Gasteiger partial charge in [-0.1, -0.05) is 57.2 Å². The van der Waals surface area contributed by atoms with Crippen LogP contribution in [0.4, 0.5) is 0 Å². The van der Waals surface area contributed by atoms with Crippen LogP contribution in [0, 0.1) is 0 Å². The molecule has 1 atom stereocenters. The SMILES string of the molecule is CCCCCCCOc1ccc(C(C)NCCC)cc1Cl. The molecule has 1 N–H and O–H groups in total. The van der Waals surface area contributed by atoms with Crippen LogP contribution in [0.3, 0.4) is 0 Å². The molecule has 1 rings (SSSR count). The van der Waals surface area contributed by atoms with Crippen molar-refractivity contribution in [1.82, 2.24) is 5.32 Å². The second-order valence-electron chi connectivity index (χ2n) is 5.63. The minimum Gasteiger partial charge on any atom is -0.492 e. The molecule has 0 aliphatic carbocycles. The average molecular weight is 312 g/mol. The van der Waals surface area contributed by atoms with Crippen molar-refractivity contribution in [2.24, 2.45) is 0 Å². The molecule has 120 valence electrons. The summed E-state index contributed by atoms with van der Waals surface area (Å²) in [4.78, 5) is 0. The molecule has 1 unspecified atom stereocenters. The monoisotopic (exact) mass is 311 g/mol.